The van der Waals surface area contributed by atoms with Gasteiger partial charge in [-0.25, -0.2) is 22.8 Å². The fourth-order valence-electron chi connectivity index (χ4n) is 3.53. The largest absolute Gasteiger partial charge is 0.492 e. The molecule has 1 atom stereocenters. The van der Waals surface area contributed by atoms with Crippen LogP contribution in [0.15, 0.2) is 48.5 Å². The summed E-state index contributed by atoms with van der Waals surface area (Å²) < 4.78 is 55.7. The number of hydrogen-bond donors (Lipinski definition) is 1. The molecule has 0 aromatic heterocycles. The van der Waals surface area contributed by atoms with Crippen molar-refractivity contribution in [3.05, 3.63) is 59.9 Å². The van der Waals surface area contributed by atoms with Crippen LogP contribution in [0.3, 0.4) is 0 Å². The molecule has 0 fully saturated rings. The van der Waals surface area contributed by atoms with E-state index < -0.39 is 29.9 Å². The molecule has 0 heterocycles. The predicted molar refractivity (Wildman–Crippen MR) is 132 cm³/mol. The summed E-state index contributed by atoms with van der Waals surface area (Å²) in [6, 6.07) is 12.1. The van der Waals surface area contributed by atoms with Crippen molar-refractivity contribution in [1.29, 1.82) is 0 Å². The van der Waals surface area contributed by atoms with Crippen LogP contribution in [0.2, 0.25) is 0 Å². The summed E-state index contributed by atoms with van der Waals surface area (Å²) in [6.07, 6.45) is -0.308. The lowest BCUT2D eigenvalue weighted by Gasteiger charge is -2.22. The van der Waals surface area contributed by atoms with Crippen LogP contribution < -0.4 is 9.47 Å². The molecular weight excluding hydrogens is 491 g/mol. The van der Waals surface area contributed by atoms with Gasteiger partial charge in [-0.2, -0.15) is 0 Å². The van der Waals surface area contributed by atoms with Gasteiger partial charge in [0.2, 0.25) is 5.92 Å². The summed E-state index contributed by atoms with van der Waals surface area (Å²) in [5, 5.41) is 9.22. The van der Waals surface area contributed by atoms with E-state index in [0.717, 1.165) is 18.6 Å². The van der Waals surface area contributed by atoms with Crippen LogP contribution in [0.5, 0.6) is 11.5 Å². The Bertz CT molecular complexity index is 981. The fourth-order valence-corrected chi connectivity index (χ4v) is 3.53. The number of amides is 1. The molecule has 0 spiro atoms. The third kappa shape index (κ3) is 12.0. The molecule has 0 saturated heterocycles. The molecule has 0 radical (unpaired) electrons. The molecule has 0 bridgehead atoms. The second-order valence-corrected chi connectivity index (χ2v) is 8.67. The van der Waals surface area contributed by atoms with Crippen molar-refractivity contribution in [3.8, 4) is 11.5 Å². The molecule has 0 aliphatic rings. The molecule has 0 aliphatic heterocycles. The average Bonchev–Trinajstić information content (AvgIpc) is 2.82. The number of hydrogen-bond acceptors (Lipinski definition) is 5. The maximum atomic E-state index is 13.4. The van der Waals surface area contributed by atoms with Gasteiger partial charge in [0.15, 0.2) is 6.10 Å². The summed E-state index contributed by atoms with van der Waals surface area (Å²) in [5.74, 6) is -3.72. The number of nitrogens with zero attached hydrogens (tertiary/aromatic N) is 1. The Hall–Kier alpha value is -3.27. The first-order valence-corrected chi connectivity index (χ1v) is 12.2. The van der Waals surface area contributed by atoms with E-state index in [1.807, 2.05) is 0 Å². The van der Waals surface area contributed by atoms with Crippen molar-refractivity contribution in [1.82, 2.24) is 4.90 Å². The number of carboxylic acids is 1. The highest BCUT2D eigenvalue weighted by atomic mass is 19.3. The SMILES string of the molecule is CCOC(Cc1ccc(OCCN(CCCCCC(C)(F)F)C(=O)Oc2cccc(F)c2)cc1)C(=O)O. The highest BCUT2D eigenvalue weighted by Crippen LogP contribution is 2.21. The molecule has 37 heavy (non-hydrogen) atoms. The number of ether oxygens (including phenoxy) is 3. The van der Waals surface area contributed by atoms with Gasteiger partial charge in [-0.3, -0.25) is 0 Å². The van der Waals surface area contributed by atoms with Crippen LogP contribution in [0.25, 0.3) is 0 Å². The number of benzene rings is 2. The number of unbranched alkanes of at least 4 members (excludes halogenated alkanes) is 2. The Labute approximate surface area is 215 Å². The molecule has 1 amide bonds. The molecule has 2 aromatic carbocycles. The molecule has 0 aliphatic carbocycles. The van der Waals surface area contributed by atoms with E-state index in [0.29, 0.717) is 31.6 Å². The summed E-state index contributed by atoms with van der Waals surface area (Å²) in [4.78, 5) is 25.3. The lowest BCUT2D eigenvalue weighted by Crippen LogP contribution is -2.37. The summed E-state index contributed by atoms with van der Waals surface area (Å²) >= 11 is 0. The van der Waals surface area contributed by atoms with Crippen molar-refractivity contribution < 1.29 is 42.1 Å². The van der Waals surface area contributed by atoms with Gasteiger partial charge in [0.1, 0.15) is 23.9 Å². The van der Waals surface area contributed by atoms with Crippen molar-refractivity contribution in [2.45, 2.75) is 58.0 Å². The van der Waals surface area contributed by atoms with E-state index in [1.165, 1.54) is 23.1 Å². The first-order valence-electron chi connectivity index (χ1n) is 12.2. The Morgan fingerprint density at radius 1 is 1.03 bits per heavy atom. The molecule has 2 rings (SSSR count). The van der Waals surface area contributed by atoms with E-state index in [2.05, 4.69) is 0 Å². The number of alkyl halides is 2. The Morgan fingerprint density at radius 3 is 2.38 bits per heavy atom. The Morgan fingerprint density at radius 2 is 1.76 bits per heavy atom. The van der Waals surface area contributed by atoms with Gasteiger partial charge in [0.25, 0.3) is 0 Å². The molecular formula is C27H34F3NO6. The summed E-state index contributed by atoms with van der Waals surface area (Å²) in [7, 11) is 0. The van der Waals surface area contributed by atoms with Crippen LogP contribution in [0.4, 0.5) is 18.0 Å². The number of aliphatic carboxylic acids is 1. The zero-order valence-electron chi connectivity index (χ0n) is 21.1. The topological polar surface area (TPSA) is 85.3 Å². The van der Waals surface area contributed by atoms with Gasteiger partial charge in [0.05, 0.1) is 6.54 Å². The maximum Gasteiger partial charge on any atom is 0.415 e. The Kier molecular flexibility index (Phi) is 12.2. The van der Waals surface area contributed by atoms with Crippen LogP contribution in [-0.2, 0) is 16.0 Å². The van der Waals surface area contributed by atoms with Crippen molar-refractivity contribution >= 4 is 12.1 Å². The van der Waals surface area contributed by atoms with Gasteiger partial charge in [-0.15, -0.1) is 0 Å². The van der Waals surface area contributed by atoms with E-state index in [-0.39, 0.29) is 38.3 Å². The molecule has 7 nitrogen and oxygen atoms in total. The monoisotopic (exact) mass is 525 g/mol. The van der Waals surface area contributed by atoms with E-state index in [4.69, 9.17) is 14.2 Å². The normalized spacial score (nSPS) is 12.1. The minimum atomic E-state index is -2.73. The summed E-state index contributed by atoms with van der Waals surface area (Å²) in [5.41, 5.74) is 0.770. The molecule has 204 valence electrons. The number of carbonyl (C=O) groups excluding carboxylic acids is 1. The minimum Gasteiger partial charge on any atom is -0.492 e. The number of carboxylic acid groups (broad SMARTS) is 1. The van der Waals surface area contributed by atoms with Gasteiger partial charge in [0, 0.05) is 32.1 Å². The molecule has 1 unspecified atom stereocenters. The van der Waals surface area contributed by atoms with Crippen LogP contribution in [0, 0.1) is 5.82 Å². The predicted octanol–water partition coefficient (Wildman–Crippen LogP) is 5.95. The zero-order valence-corrected chi connectivity index (χ0v) is 21.1. The standard InChI is InChI=1S/C27H34F3NO6/c1-3-35-24(25(32)33)18-20-10-12-22(13-11-20)36-17-16-31(15-6-4-5-14-27(2,29)30)26(34)37-23-9-7-8-21(28)19-23/h7-13,19,24H,3-6,14-18H2,1-2H3,(H,32,33). The number of halogens is 3. The highest BCUT2D eigenvalue weighted by molar-refractivity contribution is 5.72. The van der Waals surface area contributed by atoms with Crippen LogP contribution in [0.1, 0.15) is 45.1 Å². The quantitative estimate of drug-likeness (QED) is 0.273. The number of carbonyl (C=O) groups is 2. The maximum absolute atomic E-state index is 13.4. The molecule has 2 aromatic rings. The van der Waals surface area contributed by atoms with Gasteiger partial charge < -0.3 is 24.2 Å². The average molecular weight is 526 g/mol. The summed E-state index contributed by atoms with van der Waals surface area (Å²) in [6.45, 7) is 3.45. The lowest BCUT2D eigenvalue weighted by molar-refractivity contribution is -0.149. The fraction of sp³-hybridized carbons (Fsp3) is 0.481. The van der Waals surface area contributed by atoms with Crippen molar-refractivity contribution in [3.63, 3.8) is 0 Å². The highest BCUT2D eigenvalue weighted by Gasteiger charge is 2.21. The van der Waals surface area contributed by atoms with Crippen molar-refractivity contribution in [2.24, 2.45) is 0 Å². The molecule has 10 heteroatoms. The number of rotatable bonds is 16. The smallest absolute Gasteiger partial charge is 0.415 e. The first kappa shape index (κ1) is 30.0. The van der Waals surface area contributed by atoms with Gasteiger partial charge >= 0.3 is 12.1 Å². The van der Waals surface area contributed by atoms with Gasteiger partial charge in [-0.1, -0.05) is 24.6 Å². The van der Waals surface area contributed by atoms with E-state index in [9.17, 15) is 27.9 Å². The minimum absolute atomic E-state index is 0.0591. The third-order valence-electron chi connectivity index (χ3n) is 5.42. The first-order chi connectivity index (χ1) is 17.6. The van der Waals surface area contributed by atoms with Gasteiger partial charge in [-0.05, 0) is 56.5 Å². The van der Waals surface area contributed by atoms with Crippen LogP contribution in [-0.4, -0.2) is 60.4 Å². The second-order valence-electron chi connectivity index (χ2n) is 8.67. The third-order valence-corrected chi connectivity index (χ3v) is 5.42. The molecule has 0 saturated carbocycles. The lowest BCUT2D eigenvalue weighted by atomic mass is 10.1. The molecule has 1 N–H and O–H groups in total. The second kappa shape index (κ2) is 15.1. The van der Waals surface area contributed by atoms with E-state index >= 15 is 0 Å². The van der Waals surface area contributed by atoms with E-state index in [1.54, 1.807) is 31.2 Å². The van der Waals surface area contributed by atoms with Crippen molar-refractivity contribution in [2.75, 3.05) is 26.3 Å². The van der Waals surface area contributed by atoms with Crippen LogP contribution >= 0.6 is 0 Å². The Balaban J connectivity index is 1.91. The zero-order chi connectivity index (χ0) is 27.3.